The number of hydrogen-bond donors (Lipinski definition) is 2. The Morgan fingerprint density at radius 2 is 1.96 bits per heavy atom. The Morgan fingerprint density at radius 1 is 1.17 bits per heavy atom. The zero-order chi connectivity index (χ0) is 16.9. The zero-order valence-corrected chi connectivity index (χ0v) is 14.1. The quantitative estimate of drug-likeness (QED) is 0.885. The summed E-state index contributed by atoms with van der Waals surface area (Å²) in [5, 5.41) is 6.23. The van der Waals surface area contributed by atoms with Crippen molar-refractivity contribution >= 4 is 17.3 Å². The molecule has 0 radical (unpaired) electrons. The fraction of sp³-hybridized carbons (Fsp3) is 0.368. The van der Waals surface area contributed by atoms with Crippen molar-refractivity contribution in [3.05, 3.63) is 53.3 Å². The van der Waals surface area contributed by atoms with Gasteiger partial charge in [0.1, 0.15) is 0 Å². The number of aryl methyl sites for hydroxylation is 2. The largest absolute Gasteiger partial charge is 0.376 e. The maximum Gasteiger partial charge on any atom is 0.253 e. The van der Waals surface area contributed by atoms with Crippen molar-refractivity contribution in [2.75, 3.05) is 18.5 Å². The predicted molar refractivity (Wildman–Crippen MR) is 94.7 cm³/mol. The second-order valence-electron chi connectivity index (χ2n) is 6.31. The third-order valence-electron chi connectivity index (χ3n) is 4.03. The lowest BCUT2D eigenvalue weighted by Crippen LogP contribution is -2.31. The summed E-state index contributed by atoms with van der Waals surface area (Å²) in [5.41, 5.74) is 4.71. The summed E-state index contributed by atoms with van der Waals surface area (Å²) in [5.74, 6) is -0.123. The van der Waals surface area contributed by atoms with Gasteiger partial charge >= 0.3 is 0 Å². The number of carbonyl (C=O) groups is 1. The van der Waals surface area contributed by atoms with Crippen LogP contribution in [0.3, 0.4) is 0 Å². The minimum absolute atomic E-state index is 0.123. The van der Waals surface area contributed by atoms with Crippen LogP contribution in [0.1, 0.15) is 34.3 Å². The number of aromatic nitrogens is 1. The smallest absolute Gasteiger partial charge is 0.253 e. The van der Waals surface area contributed by atoms with Crippen LogP contribution in [0.25, 0.3) is 0 Å². The molecule has 2 aromatic rings. The number of carbonyl (C=O) groups excluding carboxylic acids is 1. The van der Waals surface area contributed by atoms with E-state index in [0.717, 1.165) is 30.8 Å². The molecule has 1 aliphatic heterocycles. The van der Waals surface area contributed by atoms with Gasteiger partial charge in [-0.15, -0.1) is 0 Å². The molecule has 24 heavy (non-hydrogen) atoms. The third-order valence-corrected chi connectivity index (χ3v) is 4.03. The predicted octanol–water partition coefficient (Wildman–Crippen LogP) is 3.35. The number of nitrogens with one attached hydrogen (secondary N) is 2. The highest BCUT2D eigenvalue weighted by atomic mass is 16.5. The number of rotatable bonds is 5. The fourth-order valence-electron chi connectivity index (χ4n) is 2.96. The van der Waals surface area contributed by atoms with E-state index in [2.05, 4.69) is 47.7 Å². The maximum atomic E-state index is 12.3. The molecule has 1 aromatic carbocycles. The van der Waals surface area contributed by atoms with Gasteiger partial charge in [-0.05, 0) is 56.0 Å². The van der Waals surface area contributed by atoms with Crippen LogP contribution >= 0.6 is 0 Å². The van der Waals surface area contributed by atoms with Crippen molar-refractivity contribution in [1.82, 2.24) is 10.3 Å². The molecule has 1 aliphatic rings. The van der Waals surface area contributed by atoms with Crippen LogP contribution in [0.5, 0.6) is 0 Å². The van der Waals surface area contributed by atoms with E-state index < -0.39 is 0 Å². The Hall–Kier alpha value is -2.40. The van der Waals surface area contributed by atoms with Crippen LogP contribution in [0.4, 0.5) is 11.4 Å². The Kier molecular flexibility index (Phi) is 5.11. The molecule has 0 bridgehead atoms. The summed E-state index contributed by atoms with van der Waals surface area (Å²) in [4.78, 5) is 16.5. The first-order chi connectivity index (χ1) is 11.6. The van der Waals surface area contributed by atoms with Gasteiger partial charge in [-0.1, -0.05) is 6.07 Å². The standard InChI is InChI=1S/C19H23N3O2/c1-13-6-14(2)8-16(7-13)22-17-9-15(10-20-11-17)19(23)21-12-18-4-3-5-24-18/h6-11,18,22H,3-5,12H2,1-2H3,(H,21,23). The van der Waals surface area contributed by atoms with Crippen LogP contribution in [0, 0.1) is 13.8 Å². The molecular formula is C19H23N3O2. The number of pyridine rings is 1. The van der Waals surface area contributed by atoms with Gasteiger partial charge in [-0.25, -0.2) is 0 Å². The average Bonchev–Trinajstić information content (AvgIpc) is 3.05. The van der Waals surface area contributed by atoms with E-state index in [1.54, 1.807) is 12.4 Å². The second-order valence-corrected chi connectivity index (χ2v) is 6.31. The molecule has 2 N–H and O–H groups in total. The van der Waals surface area contributed by atoms with Gasteiger partial charge in [0.2, 0.25) is 0 Å². The highest BCUT2D eigenvalue weighted by Crippen LogP contribution is 2.20. The first kappa shape index (κ1) is 16.5. The molecular weight excluding hydrogens is 302 g/mol. The van der Waals surface area contributed by atoms with E-state index in [-0.39, 0.29) is 12.0 Å². The molecule has 1 fully saturated rings. The summed E-state index contributed by atoms with van der Waals surface area (Å²) >= 11 is 0. The molecule has 5 nitrogen and oxygen atoms in total. The molecule has 1 unspecified atom stereocenters. The number of nitrogens with zero attached hydrogens (tertiary/aromatic N) is 1. The van der Waals surface area contributed by atoms with E-state index >= 15 is 0 Å². The van der Waals surface area contributed by atoms with Gasteiger partial charge in [0.15, 0.2) is 0 Å². The molecule has 126 valence electrons. The number of hydrogen-bond acceptors (Lipinski definition) is 4. The maximum absolute atomic E-state index is 12.3. The molecule has 0 spiro atoms. The number of ether oxygens (including phenoxy) is 1. The van der Waals surface area contributed by atoms with E-state index in [9.17, 15) is 4.79 Å². The fourth-order valence-corrected chi connectivity index (χ4v) is 2.96. The first-order valence-corrected chi connectivity index (χ1v) is 8.30. The Bertz CT molecular complexity index is 704. The molecule has 0 aliphatic carbocycles. The van der Waals surface area contributed by atoms with Crippen molar-refractivity contribution in [1.29, 1.82) is 0 Å². The molecule has 3 rings (SSSR count). The summed E-state index contributed by atoms with van der Waals surface area (Å²) in [7, 11) is 0. The van der Waals surface area contributed by atoms with Crippen LogP contribution in [0.2, 0.25) is 0 Å². The van der Waals surface area contributed by atoms with Crippen molar-refractivity contribution < 1.29 is 9.53 Å². The number of benzene rings is 1. The van der Waals surface area contributed by atoms with E-state index in [1.165, 1.54) is 11.1 Å². The van der Waals surface area contributed by atoms with Gasteiger partial charge in [-0.2, -0.15) is 0 Å². The summed E-state index contributed by atoms with van der Waals surface area (Å²) in [6.45, 7) is 5.46. The number of anilines is 2. The van der Waals surface area contributed by atoms with E-state index in [0.29, 0.717) is 12.1 Å². The van der Waals surface area contributed by atoms with Crippen molar-refractivity contribution in [2.45, 2.75) is 32.8 Å². The minimum Gasteiger partial charge on any atom is -0.376 e. The average molecular weight is 325 g/mol. The van der Waals surface area contributed by atoms with Crippen molar-refractivity contribution in [3.8, 4) is 0 Å². The van der Waals surface area contributed by atoms with Crippen LogP contribution in [-0.2, 0) is 4.74 Å². The van der Waals surface area contributed by atoms with Crippen molar-refractivity contribution in [3.63, 3.8) is 0 Å². The van der Waals surface area contributed by atoms with E-state index in [1.807, 2.05) is 6.07 Å². The van der Waals surface area contributed by atoms with Crippen LogP contribution < -0.4 is 10.6 Å². The van der Waals surface area contributed by atoms with Gasteiger partial charge in [0, 0.05) is 25.0 Å². The van der Waals surface area contributed by atoms with E-state index in [4.69, 9.17) is 4.74 Å². The second kappa shape index (κ2) is 7.45. The molecule has 1 atom stereocenters. The molecule has 5 heteroatoms. The monoisotopic (exact) mass is 325 g/mol. The van der Waals surface area contributed by atoms with Crippen LogP contribution in [0.15, 0.2) is 36.7 Å². The number of amides is 1. The lowest BCUT2D eigenvalue weighted by molar-refractivity contribution is 0.0857. The normalized spacial score (nSPS) is 16.8. The lowest BCUT2D eigenvalue weighted by Gasteiger charge is -2.12. The summed E-state index contributed by atoms with van der Waals surface area (Å²) in [6, 6.07) is 8.07. The molecule has 2 heterocycles. The van der Waals surface area contributed by atoms with Crippen molar-refractivity contribution in [2.24, 2.45) is 0 Å². The highest BCUT2D eigenvalue weighted by molar-refractivity contribution is 5.94. The molecule has 1 amide bonds. The minimum atomic E-state index is -0.123. The van der Waals surface area contributed by atoms with Gasteiger partial charge < -0.3 is 15.4 Å². The molecule has 0 saturated carbocycles. The highest BCUT2D eigenvalue weighted by Gasteiger charge is 2.16. The van der Waals surface area contributed by atoms with Gasteiger partial charge in [-0.3, -0.25) is 9.78 Å². The molecule has 1 aromatic heterocycles. The Balaban J connectivity index is 1.65. The third kappa shape index (κ3) is 4.32. The SMILES string of the molecule is Cc1cc(C)cc(Nc2cncc(C(=O)NCC3CCCO3)c2)c1. The zero-order valence-electron chi connectivity index (χ0n) is 14.1. The topological polar surface area (TPSA) is 63.2 Å². The summed E-state index contributed by atoms with van der Waals surface area (Å²) in [6.07, 6.45) is 5.51. The van der Waals surface area contributed by atoms with Gasteiger partial charge in [0.25, 0.3) is 5.91 Å². The molecule has 1 saturated heterocycles. The van der Waals surface area contributed by atoms with Crippen LogP contribution in [-0.4, -0.2) is 30.1 Å². The Labute approximate surface area is 142 Å². The first-order valence-electron chi connectivity index (χ1n) is 8.30. The lowest BCUT2D eigenvalue weighted by atomic mass is 10.1. The van der Waals surface area contributed by atoms with Gasteiger partial charge in [0.05, 0.1) is 23.6 Å². The summed E-state index contributed by atoms with van der Waals surface area (Å²) < 4.78 is 5.52. The Morgan fingerprint density at radius 3 is 2.67 bits per heavy atom.